The number of aromatic nitrogens is 2. The zero-order chi connectivity index (χ0) is 12.6. The number of aryl methyl sites for hydroxylation is 2. The summed E-state index contributed by atoms with van der Waals surface area (Å²) in [5, 5.41) is 0. The van der Waals surface area contributed by atoms with Crippen LogP contribution in [0.5, 0.6) is 0 Å². The maximum absolute atomic E-state index is 6.00. The Kier molecular flexibility index (Phi) is 2.88. The molecule has 0 saturated heterocycles. The van der Waals surface area contributed by atoms with Crippen LogP contribution in [0.25, 0.3) is 11.4 Å². The molecule has 0 aromatic carbocycles. The van der Waals surface area contributed by atoms with Crippen LogP contribution in [-0.4, -0.2) is 9.97 Å². The van der Waals surface area contributed by atoms with Gasteiger partial charge < -0.3 is 10.2 Å². The average molecular weight is 231 g/mol. The largest absolute Gasteiger partial charge is 0.469 e. The molecular weight excluding hydrogens is 214 g/mol. The van der Waals surface area contributed by atoms with Gasteiger partial charge >= 0.3 is 0 Å². The van der Waals surface area contributed by atoms with E-state index in [9.17, 15) is 0 Å². The zero-order valence-corrected chi connectivity index (χ0v) is 10.6. The zero-order valence-electron chi connectivity index (χ0n) is 10.6. The Bertz CT molecular complexity index is 520. The number of hydrogen-bond acceptors (Lipinski definition) is 4. The standard InChI is InChI=1S/C13H17N3O/c1-7(2)11-8(3)15-13(16-12(11)14)10-5-6-17-9(10)4/h5-7H,1-4H3,(H2,14,15,16). The summed E-state index contributed by atoms with van der Waals surface area (Å²) in [6.07, 6.45) is 1.63. The van der Waals surface area contributed by atoms with E-state index in [0.717, 1.165) is 22.6 Å². The highest BCUT2D eigenvalue weighted by Crippen LogP contribution is 2.27. The molecule has 4 heteroatoms. The van der Waals surface area contributed by atoms with E-state index in [1.165, 1.54) is 0 Å². The van der Waals surface area contributed by atoms with E-state index >= 15 is 0 Å². The summed E-state index contributed by atoms with van der Waals surface area (Å²) in [6.45, 7) is 8.03. The van der Waals surface area contributed by atoms with Crippen LogP contribution in [0, 0.1) is 13.8 Å². The molecule has 2 aromatic heterocycles. The fraction of sp³-hybridized carbons (Fsp3) is 0.385. The molecule has 0 fully saturated rings. The maximum atomic E-state index is 6.00. The van der Waals surface area contributed by atoms with Gasteiger partial charge in [0.1, 0.15) is 11.6 Å². The molecule has 0 amide bonds. The van der Waals surface area contributed by atoms with Crippen LogP contribution in [0.2, 0.25) is 0 Å². The Balaban J connectivity index is 2.57. The van der Waals surface area contributed by atoms with Gasteiger partial charge in [0, 0.05) is 11.3 Å². The van der Waals surface area contributed by atoms with Crippen molar-refractivity contribution >= 4 is 5.82 Å². The van der Waals surface area contributed by atoms with Crippen LogP contribution in [0.3, 0.4) is 0 Å². The molecule has 0 aliphatic rings. The van der Waals surface area contributed by atoms with E-state index < -0.39 is 0 Å². The minimum atomic E-state index is 0.328. The minimum Gasteiger partial charge on any atom is -0.469 e. The lowest BCUT2D eigenvalue weighted by Crippen LogP contribution is -2.06. The lowest BCUT2D eigenvalue weighted by atomic mass is 10.0. The maximum Gasteiger partial charge on any atom is 0.165 e. The molecule has 0 unspecified atom stereocenters. The van der Waals surface area contributed by atoms with Gasteiger partial charge in [-0.3, -0.25) is 0 Å². The molecule has 2 aromatic rings. The smallest absolute Gasteiger partial charge is 0.165 e. The third-order valence-electron chi connectivity index (χ3n) is 2.84. The van der Waals surface area contributed by atoms with Gasteiger partial charge in [-0.05, 0) is 25.8 Å². The second-order valence-corrected chi connectivity index (χ2v) is 4.48. The number of nitrogen functional groups attached to an aromatic ring is 1. The molecule has 0 bridgehead atoms. The topological polar surface area (TPSA) is 64.9 Å². The monoisotopic (exact) mass is 231 g/mol. The molecular formula is C13H17N3O. The summed E-state index contributed by atoms with van der Waals surface area (Å²) in [7, 11) is 0. The Morgan fingerprint density at radius 3 is 2.41 bits per heavy atom. The molecule has 0 saturated carbocycles. The fourth-order valence-electron chi connectivity index (χ4n) is 2.05. The van der Waals surface area contributed by atoms with Gasteiger partial charge in [-0.1, -0.05) is 13.8 Å². The molecule has 2 rings (SSSR count). The Hall–Kier alpha value is -1.84. The summed E-state index contributed by atoms with van der Waals surface area (Å²) < 4.78 is 5.26. The number of anilines is 1. The van der Waals surface area contributed by atoms with Crippen molar-refractivity contribution in [3.8, 4) is 11.4 Å². The first-order chi connectivity index (χ1) is 8.00. The Morgan fingerprint density at radius 1 is 1.24 bits per heavy atom. The van der Waals surface area contributed by atoms with Crippen LogP contribution < -0.4 is 5.73 Å². The van der Waals surface area contributed by atoms with Gasteiger partial charge in [-0.2, -0.15) is 0 Å². The molecule has 2 N–H and O–H groups in total. The van der Waals surface area contributed by atoms with Crippen molar-refractivity contribution in [2.24, 2.45) is 0 Å². The lowest BCUT2D eigenvalue weighted by Gasteiger charge is -2.12. The third kappa shape index (κ3) is 2.02. The summed E-state index contributed by atoms with van der Waals surface area (Å²) in [4.78, 5) is 8.87. The van der Waals surface area contributed by atoms with Gasteiger partial charge in [-0.25, -0.2) is 9.97 Å². The molecule has 2 heterocycles. The van der Waals surface area contributed by atoms with E-state index in [1.807, 2.05) is 19.9 Å². The van der Waals surface area contributed by atoms with Crippen LogP contribution in [0.15, 0.2) is 16.7 Å². The second-order valence-electron chi connectivity index (χ2n) is 4.48. The SMILES string of the molecule is Cc1nc(-c2ccoc2C)nc(N)c1C(C)C. The molecule has 4 nitrogen and oxygen atoms in total. The number of nitrogens with zero attached hydrogens (tertiary/aromatic N) is 2. The first-order valence-electron chi connectivity index (χ1n) is 5.69. The summed E-state index contributed by atoms with van der Waals surface area (Å²) in [5.41, 5.74) is 8.85. The van der Waals surface area contributed by atoms with Crippen molar-refractivity contribution in [2.75, 3.05) is 5.73 Å². The van der Waals surface area contributed by atoms with E-state index in [-0.39, 0.29) is 0 Å². The van der Waals surface area contributed by atoms with Crippen molar-refractivity contribution in [1.82, 2.24) is 9.97 Å². The number of rotatable bonds is 2. The van der Waals surface area contributed by atoms with Crippen molar-refractivity contribution in [3.63, 3.8) is 0 Å². The second kappa shape index (κ2) is 4.20. The van der Waals surface area contributed by atoms with Gasteiger partial charge in [0.25, 0.3) is 0 Å². The highest BCUT2D eigenvalue weighted by molar-refractivity contribution is 5.60. The van der Waals surface area contributed by atoms with E-state index in [0.29, 0.717) is 17.6 Å². The molecule has 90 valence electrons. The average Bonchev–Trinajstić information content (AvgIpc) is 2.62. The fourth-order valence-corrected chi connectivity index (χ4v) is 2.05. The minimum absolute atomic E-state index is 0.328. The van der Waals surface area contributed by atoms with Gasteiger partial charge in [0.15, 0.2) is 5.82 Å². The molecule has 0 radical (unpaired) electrons. The lowest BCUT2D eigenvalue weighted by molar-refractivity contribution is 0.535. The Labute approximate surface area is 101 Å². The van der Waals surface area contributed by atoms with Crippen LogP contribution >= 0.6 is 0 Å². The molecule has 0 aliphatic carbocycles. The first-order valence-corrected chi connectivity index (χ1v) is 5.69. The number of hydrogen-bond donors (Lipinski definition) is 1. The van der Waals surface area contributed by atoms with E-state index in [1.54, 1.807) is 6.26 Å². The molecule has 0 spiro atoms. The van der Waals surface area contributed by atoms with Gasteiger partial charge in [-0.15, -0.1) is 0 Å². The number of furan rings is 1. The van der Waals surface area contributed by atoms with Gasteiger partial charge in [0.2, 0.25) is 0 Å². The van der Waals surface area contributed by atoms with E-state index in [2.05, 4.69) is 23.8 Å². The highest BCUT2D eigenvalue weighted by atomic mass is 16.3. The summed E-state index contributed by atoms with van der Waals surface area (Å²) in [6, 6.07) is 1.86. The van der Waals surface area contributed by atoms with Crippen molar-refractivity contribution in [1.29, 1.82) is 0 Å². The van der Waals surface area contributed by atoms with Gasteiger partial charge in [0.05, 0.1) is 11.8 Å². The quantitative estimate of drug-likeness (QED) is 0.862. The summed E-state index contributed by atoms with van der Waals surface area (Å²) >= 11 is 0. The predicted octanol–water partition coefficient (Wildman–Crippen LogP) is 3.06. The number of nitrogens with two attached hydrogens (primary N) is 1. The Morgan fingerprint density at radius 2 is 1.94 bits per heavy atom. The van der Waals surface area contributed by atoms with Crippen LogP contribution in [0.4, 0.5) is 5.82 Å². The van der Waals surface area contributed by atoms with Crippen molar-refractivity contribution in [2.45, 2.75) is 33.6 Å². The predicted molar refractivity (Wildman–Crippen MR) is 67.7 cm³/mol. The van der Waals surface area contributed by atoms with E-state index in [4.69, 9.17) is 10.2 Å². The first kappa shape index (κ1) is 11.6. The third-order valence-corrected chi connectivity index (χ3v) is 2.84. The van der Waals surface area contributed by atoms with Crippen LogP contribution in [-0.2, 0) is 0 Å². The molecule has 0 aliphatic heterocycles. The van der Waals surface area contributed by atoms with Crippen molar-refractivity contribution < 1.29 is 4.42 Å². The van der Waals surface area contributed by atoms with Crippen molar-refractivity contribution in [3.05, 3.63) is 29.3 Å². The van der Waals surface area contributed by atoms with Crippen LogP contribution in [0.1, 0.15) is 36.8 Å². The molecule has 17 heavy (non-hydrogen) atoms. The normalized spacial score (nSPS) is 11.1. The summed E-state index contributed by atoms with van der Waals surface area (Å²) in [5.74, 6) is 2.33. The molecule has 0 atom stereocenters. The highest BCUT2D eigenvalue weighted by Gasteiger charge is 2.15.